The Bertz CT molecular complexity index is 2340. The molecule has 3 aromatic heterocycles. The van der Waals surface area contributed by atoms with Crippen LogP contribution in [0.25, 0.3) is 39.3 Å². The van der Waals surface area contributed by atoms with E-state index in [0.29, 0.717) is 67.5 Å². The molecule has 3 N–H and O–H groups in total. The predicted molar refractivity (Wildman–Crippen MR) is 192 cm³/mol. The third kappa shape index (κ3) is 6.20. The van der Waals surface area contributed by atoms with Gasteiger partial charge in [-0.3, -0.25) is 19.0 Å². The Labute approximate surface area is 294 Å². The second-order valence-corrected chi connectivity index (χ2v) is 13.7. The zero-order valence-electron chi connectivity index (χ0n) is 28.5. The summed E-state index contributed by atoms with van der Waals surface area (Å²) < 4.78 is 8.32. The number of anilines is 2. The lowest BCUT2D eigenvalue weighted by molar-refractivity contribution is -0.141. The van der Waals surface area contributed by atoms with Gasteiger partial charge in [0.1, 0.15) is 11.6 Å². The van der Waals surface area contributed by atoms with Crippen molar-refractivity contribution in [1.82, 2.24) is 29.2 Å². The summed E-state index contributed by atoms with van der Waals surface area (Å²) in [5, 5.41) is 32.9. The van der Waals surface area contributed by atoms with E-state index in [1.165, 1.54) is 0 Å². The Morgan fingerprint density at radius 1 is 1.00 bits per heavy atom. The number of rotatable bonds is 9. The number of aliphatic hydroxyl groups is 1. The summed E-state index contributed by atoms with van der Waals surface area (Å²) in [6.07, 6.45) is 6.71. The van der Waals surface area contributed by atoms with E-state index >= 15 is 0 Å². The summed E-state index contributed by atoms with van der Waals surface area (Å²) in [7, 11) is 0. The summed E-state index contributed by atoms with van der Waals surface area (Å²) in [5.41, 5.74) is 9.97. The van der Waals surface area contributed by atoms with Crippen LogP contribution in [0.5, 0.6) is 0 Å². The lowest BCUT2D eigenvalue weighted by atomic mass is 9.93. The van der Waals surface area contributed by atoms with Gasteiger partial charge in [0.15, 0.2) is 17.0 Å². The highest BCUT2D eigenvalue weighted by Gasteiger charge is 2.28. The topological polar surface area (TPSA) is 156 Å². The number of aliphatic hydroxyl groups excluding tert-OH is 1. The molecule has 12 heteroatoms. The standard InChI is InChI=1S/C39H38N8O4/c1-23-30(5-3-7-32(23)38-44-34-16-25(15-27(17-40)35(34)51-38)19-45-12-9-26(20-45)39(49)50)31-6-4-8-33(24(31)2)43-36-37-42-18-28(47(37)14-11-41-36)21-46-13-10-29(48)22-46/h3-8,11,14-16,18,26,29,48H,9-10,12-13,19-22H2,1-2H3,(H,41,43)(H,49,50). The second-order valence-electron chi connectivity index (χ2n) is 13.7. The van der Waals surface area contributed by atoms with Crippen LogP contribution >= 0.6 is 0 Å². The Morgan fingerprint density at radius 3 is 2.53 bits per heavy atom. The Balaban J connectivity index is 1.07. The van der Waals surface area contributed by atoms with Gasteiger partial charge in [0.2, 0.25) is 5.89 Å². The number of nitriles is 1. The highest BCUT2D eigenvalue weighted by Crippen LogP contribution is 2.37. The van der Waals surface area contributed by atoms with E-state index in [0.717, 1.165) is 63.4 Å². The maximum Gasteiger partial charge on any atom is 0.307 e. The summed E-state index contributed by atoms with van der Waals surface area (Å²) in [6.45, 7) is 8.11. The van der Waals surface area contributed by atoms with Crippen molar-refractivity contribution in [3.63, 3.8) is 0 Å². The quantitative estimate of drug-likeness (QED) is 0.167. The van der Waals surface area contributed by atoms with E-state index < -0.39 is 5.97 Å². The van der Waals surface area contributed by atoms with Gasteiger partial charge in [-0.1, -0.05) is 24.3 Å². The molecule has 2 atom stereocenters. The van der Waals surface area contributed by atoms with Gasteiger partial charge in [-0.05, 0) is 85.3 Å². The summed E-state index contributed by atoms with van der Waals surface area (Å²) in [6, 6.07) is 18.2. The van der Waals surface area contributed by atoms with Gasteiger partial charge in [-0.2, -0.15) is 5.26 Å². The number of benzene rings is 3. The van der Waals surface area contributed by atoms with Crippen molar-refractivity contribution >= 4 is 34.2 Å². The molecule has 0 spiro atoms. The number of β-amino-alcohol motifs (C(OH)–C–C–N with tert-alkyl or cyclic N) is 1. The first-order valence-corrected chi connectivity index (χ1v) is 17.2. The molecule has 0 radical (unpaired) electrons. The van der Waals surface area contributed by atoms with Gasteiger partial charge in [0.25, 0.3) is 0 Å². The minimum Gasteiger partial charge on any atom is -0.481 e. The lowest BCUT2D eigenvalue weighted by Crippen LogP contribution is -2.22. The van der Waals surface area contributed by atoms with Crippen molar-refractivity contribution < 1.29 is 19.4 Å². The minimum absolute atomic E-state index is 0.273. The third-order valence-electron chi connectivity index (χ3n) is 10.3. The smallest absolute Gasteiger partial charge is 0.307 e. The van der Waals surface area contributed by atoms with Crippen molar-refractivity contribution in [3.8, 4) is 28.7 Å². The lowest BCUT2D eigenvalue weighted by Gasteiger charge is -2.16. The van der Waals surface area contributed by atoms with E-state index in [1.54, 1.807) is 6.20 Å². The maximum atomic E-state index is 11.5. The van der Waals surface area contributed by atoms with E-state index in [1.807, 2.05) is 48.8 Å². The highest BCUT2D eigenvalue weighted by atomic mass is 16.4. The largest absolute Gasteiger partial charge is 0.481 e. The van der Waals surface area contributed by atoms with Crippen molar-refractivity contribution in [2.24, 2.45) is 5.92 Å². The molecule has 2 aliphatic heterocycles. The van der Waals surface area contributed by atoms with Crippen molar-refractivity contribution in [2.45, 2.75) is 45.9 Å². The number of oxazole rings is 1. The monoisotopic (exact) mass is 682 g/mol. The van der Waals surface area contributed by atoms with Gasteiger partial charge < -0.3 is 19.9 Å². The molecule has 0 saturated carbocycles. The number of imidazole rings is 1. The SMILES string of the molecule is Cc1c(Nc2nccn3c(CN4CCC(O)C4)cnc23)cccc1-c1cccc(-c2nc3cc(CN4CCC(C(=O)O)C4)cc(C#N)c3o2)c1C. The number of aliphatic carboxylic acids is 1. The van der Waals surface area contributed by atoms with Gasteiger partial charge in [-0.15, -0.1) is 0 Å². The van der Waals surface area contributed by atoms with Crippen LogP contribution in [0.1, 0.15) is 40.8 Å². The number of hydrogen-bond donors (Lipinski definition) is 3. The van der Waals surface area contributed by atoms with E-state index in [4.69, 9.17) is 14.4 Å². The van der Waals surface area contributed by atoms with E-state index in [2.05, 4.69) is 56.6 Å². The molecule has 12 nitrogen and oxygen atoms in total. The number of nitrogens with one attached hydrogen (secondary N) is 1. The Hall–Kier alpha value is -5.61. The van der Waals surface area contributed by atoms with Crippen LogP contribution in [0.2, 0.25) is 0 Å². The van der Waals surface area contributed by atoms with Crippen LogP contribution in [0.15, 0.2) is 71.5 Å². The molecule has 0 aliphatic carbocycles. The van der Waals surface area contributed by atoms with Crippen LogP contribution < -0.4 is 5.32 Å². The van der Waals surface area contributed by atoms with Crippen LogP contribution in [0, 0.1) is 31.1 Å². The first kappa shape index (κ1) is 32.6. The molecule has 5 heterocycles. The van der Waals surface area contributed by atoms with Crippen LogP contribution in [0.3, 0.4) is 0 Å². The Morgan fingerprint density at radius 2 is 1.76 bits per heavy atom. The van der Waals surface area contributed by atoms with Crippen LogP contribution in [-0.4, -0.2) is 77.6 Å². The third-order valence-corrected chi connectivity index (χ3v) is 10.3. The summed E-state index contributed by atoms with van der Waals surface area (Å²) in [4.78, 5) is 30.0. The van der Waals surface area contributed by atoms with Crippen LogP contribution in [-0.2, 0) is 17.9 Å². The average molecular weight is 683 g/mol. The highest BCUT2D eigenvalue weighted by molar-refractivity contribution is 5.86. The maximum absolute atomic E-state index is 11.5. The first-order chi connectivity index (χ1) is 24.7. The van der Waals surface area contributed by atoms with Crippen LogP contribution in [0.4, 0.5) is 11.5 Å². The molecule has 8 rings (SSSR count). The number of aromatic nitrogens is 4. The molecule has 2 unspecified atom stereocenters. The zero-order chi connectivity index (χ0) is 35.2. The molecule has 258 valence electrons. The average Bonchev–Trinajstić information content (AvgIpc) is 3.94. The number of carboxylic acids is 1. The predicted octanol–water partition coefficient (Wildman–Crippen LogP) is 5.91. The molecule has 6 aromatic rings. The molecule has 2 saturated heterocycles. The van der Waals surface area contributed by atoms with E-state index in [-0.39, 0.29) is 12.0 Å². The number of hydrogen-bond acceptors (Lipinski definition) is 10. The van der Waals surface area contributed by atoms with Crippen molar-refractivity contribution in [3.05, 3.63) is 95.1 Å². The number of carbonyl (C=O) groups is 1. The number of nitrogens with zero attached hydrogens (tertiary/aromatic N) is 7. The molecular formula is C39H38N8O4. The first-order valence-electron chi connectivity index (χ1n) is 17.2. The number of carboxylic acid groups (broad SMARTS) is 1. The summed E-state index contributed by atoms with van der Waals surface area (Å²) >= 11 is 0. The number of fused-ring (bicyclic) bond motifs is 2. The second kappa shape index (κ2) is 13.3. The molecule has 2 aliphatic rings. The molecule has 51 heavy (non-hydrogen) atoms. The van der Waals surface area contributed by atoms with Crippen molar-refractivity contribution in [1.29, 1.82) is 5.26 Å². The normalized spacial score (nSPS) is 18.2. The summed E-state index contributed by atoms with van der Waals surface area (Å²) in [5.74, 6) is -0.0414. The fraction of sp³-hybridized carbons (Fsp3) is 0.308. The molecule has 0 amide bonds. The van der Waals surface area contributed by atoms with Gasteiger partial charge in [0, 0.05) is 56.4 Å². The molecule has 2 fully saturated rings. The minimum atomic E-state index is -0.767. The number of likely N-dealkylation sites (tertiary alicyclic amines) is 2. The van der Waals surface area contributed by atoms with Crippen molar-refractivity contribution in [2.75, 3.05) is 31.5 Å². The van der Waals surface area contributed by atoms with Gasteiger partial charge >= 0.3 is 5.97 Å². The molecular weight excluding hydrogens is 644 g/mol. The zero-order valence-corrected chi connectivity index (χ0v) is 28.5. The fourth-order valence-corrected chi connectivity index (χ4v) is 7.53. The van der Waals surface area contributed by atoms with E-state index in [9.17, 15) is 20.3 Å². The molecule has 3 aromatic carbocycles. The van der Waals surface area contributed by atoms with Gasteiger partial charge in [-0.25, -0.2) is 15.0 Å². The fourth-order valence-electron chi connectivity index (χ4n) is 7.53. The Kier molecular flexibility index (Phi) is 8.47. The molecule has 0 bridgehead atoms. The van der Waals surface area contributed by atoms with Gasteiger partial charge in [0.05, 0.1) is 29.5 Å².